The second kappa shape index (κ2) is 8.69. The van der Waals surface area contributed by atoms with Gasteiger partial charge >= 0.3 is 0 Å². The standard InChI is InChI=1S/C22H27N5O2/c1-16(2)14-26-15-19(3-4-22(26)28)27-8-5-20(25-27)18-12-23-21(24-13-18)11-17-6-9-29-10-7-17/h3-5,8,12-13,15-17H,6-7,9-11,14H2,1-2H3. The number of pyridine rings is 1. The Morgan fingerprint density at radius 2 is 1.90 bits per heavy atom. The van der Waals surface area contributed by atoms with E-state index in [4.69, 9.17) is 4.74 Å². The summed E-state index contributed by atoms with van der Waals surface area (Å²) >= 11 is 0. The van der Waals surface area contributed by atoms with E-state index in [9.17, 15) is 4.79 Å². The summed E-state index contributed by atoms with van der Waals surface area (Å²) in [7, 11) is 0. The average molecular weight is 393 g/mol. The number of hydrogen-bond donors (Lipinski definition) is 0. The average Bonchev–Trinajstić information content (AvgIpc) is 3.21. The Hall–Kier alpha value is -2.80. The van der Waals surface area contributed by atoms with Gasteiger partial charge < -0.3 is 9.30 Å². The van der Waals surface area contributed by atoms with Crippen molar-refractivity contribution < 1.29 is 4.74 Å². The van der Waals surface area contributed by atoms with Gasteiger partial charge in [-0.15, -0.1) is 0 Å². The van der Waals surface area contributed by atoms with Crippen LogP contribution < -0.4 is 5.56 Å². The van der Waals surface area contributed by atoms with Crippen LogP contribution in [0.25, 0.3) is 16.9 Å². The Morgan fingerprint density at radius 1 is 1.14 bits per heavy atom. The van der Waals surface area contributed by atoms with Crippen molar-refractivity contribution in [1.82, 2.24) is 24.3 Å². The molecule has 3 aromatic heterocycles. The second-order valence-corrected chi connectivity index (χ2v) is 8.07. The number of hydrogen-bond acceptors (Lipinski definition) is 5. The molecule has 4 rings (SSSR count). The van der Waals surface area contributed by atoms with Crippen LogP contribution in [0.1, 0.15) is 32.5 Å². The zero-order valence-corrected chi connectivity index (χ0v) is 17.0. The molecule has 4 heterocycles. The third-order valence-electron chi connectivity index (χ3n) is 5.20. The minimum absolute atomic E-state index is 0.00310. The van der Waals surface area contributed by atoms with Crippen molar-refractivity contribution in [2.45, 2.75) is 39.7 Å². The minimum Gasteiger partial charge on any atom is -0.381 e. The van der Waals surface area contributed by atoms with Crippen LogP contribution in [0.4, 0.5) is 0 Å². The molecule has 152 valence electrons. The molecule has 0 amide bonds. The Kier molecular flexibility index (Phi) is 5.85. The fourth-order valence-electron chi connectivity index (χ4n) is 3.61. The molecule has 0 saturated carbocycles. The van der Waals surface area contributed by atoms with E-state index in [-0.39, 0.29) is 5.56 Å². The maximum absolute atomic E-state index is 12.0. The van der Waals surface area contributed by atoms with E-state index in [0.717, 1.165) is 55.2 Å². The Labute approximate surface area is 170 Å². The molecule has 1 fully saturated rings. The quantitative estimate of drug-likeness (QED) is 0.643. The first kappa shape index (κ1) is 19.5. The normalized spacial score (nSPS) is 15.1. The molecule has 1 saturated heterocycles. The molecular weight excluding hydrogens is 366 g/mol. The van der Waals surface area contributed by atoms with Crippen molar-refractivity contribution in [1.29, 1.82) is 0 Å². The molecule has 0 aliphatic carbocycles. The van der Waals surface area contributed by atoms with Crippen molar-refractivity contribution in [3.05, 3.63) is 59.2 Å². The van der Waals surface area contributed by atoms with Crippen LogP contribution in [-0.4, -0.2) is 37.5 Å². The summed E-state index contributed by atoms with van der Waals surface area (Å²) < 4.78 is 8.93. The van der Waals surface area contributed by atoms with E-state index in [2.05, 4.69) is 28.9 Å². The van der Waals surface area contributed by atoms with Gasteiger partial charge in [0.1, 0.15) is 5.82 Å². The first-order chi connectivity index (χ1) is 14.1. The van der Waals surface area contributed by atoms with Crippen molar-refractivity contribution in [2.75, 3.05) is 13.2 Å². The van der Waals surface area contributed by atoms with Crippen LogP contribution >= 0.6 is 0 Å². The van der Waals surface area contributed by atoms with E-state index in [1.165, 1.54) is 0 Å². The summed E-state index contributed by atoms with van der Waals surface area (Å²) in [5.41, 5.74) is 2.55. The fourth-order valence-corrected chi connectivity index (χ4v) is 3.61. The van der Waals surface area contributed by atoms with Gasteiger partial charge in [0.2, 0.25) is 0 Å². The smallest absolute Gasteiger partial charge is 0.250 e. The fraction of sp³-hybridized carbons (Fsp3) is 0.455. The van der Waals surface area contributed by atoms with Gasteiger partial charge in [0, 0.05) is 62.6 Å². The molecule has 1 aliphatic rings. The van der Waals surface area contributed by atoms with Crippen LogP contribution in [0.2, 0.25) is 0 Å². The number of ether oxygens (including phenoxy) is 1. The van der Waals surface area contributed by atoms with Gasteiger partial charge in [-0.2, -0.15) is 5.10 Å². The Balaban J connectivity index is 1.49. The highest BCUT2D eigenvalue weighted by Gasteiger charge is 2.16. The van der Waals surface area contributed by atoms with Crippen molar-refractivity contribution in [2.24, 2.45) is 11.8 Å². The lowest BCUT2D eigenvalue weighted by Gasteiger charge is -2.21. The van der Waals surface area contributed by atoms with Crippen LogP contribution in [0.5, 0.6) is 0 Å². The molecule has 0 bridgehead atoms. The van der Waals surface area contributed by atoms with E-state index in [1.807, 2.05) is 30.9 Å². The van der Waals surface area contributed by atoms with Gasteiger partial charge in [-0.25, -0.2) is 14.6 Å². The third kappa shape index (κ3) is 4.79. The van der Waals surface area contributed by atoms with Gasteiger partial charge in [-0.1, -0.05) is 13.8 Å². The highest BCUT2D eigenvalue weighted by Crippen LogP contribution is 2.20. The minimum atomic E-state index is 0.00310. The molecule has 0 aromatic carbocycles. The molecule has 0 unspecified atom stereocenters. The first-order valence-corrected chi connectivity index (χ1v) is 10.2. The van der Waals surface area contributed by atoms with Crippen LogP contribution in [0.3, 0.4) is 0 Å². The van der Waals surface area contributed by atoms with E-state index in [1.54, 1.807) is 21.4 Å². The molecule has 0 N–H and O–H groups in total. The van der Waals surface area contributed by atoms with E-state index in [0.29, 0.717) is 18.4 Å². The topological polar surface area (TPSA) is 74.8 Å². The molecule has 0 radical (unpaired) electrons. The maximum Gasteiger partial charge on any atom is 0.250 e. The SMILES string of the molecule is CC(C)Cn1cc(-n2ccc(-c3cnc(CC4CCOCC4)nc3)n2)ccc1=O. The summed E-state index contributed by atoms with van der Waals surface area (Å²) in [4.78, 5) is 21.1. The zero-order chi connectivity index (χ0) is 20.2. The summed E-state index contributed by atoms with van der Waals surface area (Å²) in [6.07, 6.45) is 10.5. The largest absolute Gasteiger partial charge is 0.381 e. The maximum atomic E-state index is 12.0. The summed E-state index contributed by atoms with van der Waals surface area (Å²) in [5.74, 6) is 1.88. The molecular formula is C22H27N5O2. The highest BCUT2D eigenvalue weighted by atomic mass is 16.5. The van der Waals surface area contributed by atoms with Crippen molar-refractivity contribution in [3.8, 4) is 16.9 Å². The predicted octanol–water partition coefficient (Wildman–Crippen LogP) is 3.12. The van der Waals surface area contributed by atoms with Crippen LogP contribution in [0, 0.1) is 11.8 Å². The van der Waals surface area contributed by atoms with Crippen molar-refractivity contribution >= 4 is 0 Å². The van der Waals surface area contributed by atoms with Crippen LogP contribution in [0.15, 0.2) is 47.8 Å². The highest BCUT2D eigenvalue weighted by molar-refractivity contribution is 5.56. The van der Waals surface area contributed by atoms with Gasteiger partial charge in [0.05, 0.1) is 11.4 Å². The lowest BCUT2D eigenvalue weighted by atomic mass is 9.96. The van der Waals surface area contributed by atoms with Crippen molar-refractivity contribution in [3.63, 3.8) is 0 Å². The van der Waals surface area contributed by atoms with Gasteiger partial charge in [0.25, 0.3) is 5.56 Å². The van der Waals surface area contributed by atoms with Gasteiger partial charge in [-0.3, -0.25) is 4.79 Å². The number of nitrogens with zero attached hydrogens (tertiary/aromatic N) is 5. The number of rotatable bonds is 6. The van der Waals surface area contributed by atoms with E-state index < -0.39 is 0 Å². The summed E-state index contributed by atoms with van der Waals surface area (Å²) in [6.45, 7) is 6.55. The van der Waals surface area contributed by atoms with Gasteiger partial charge in [0.15, 0.2) is 0 Å². The molecule has 0 atom stereocenters. The lowest BCUT2D eigenvalue weighted by Crippen LogP contribution is -2.21. The van der Waals surface area contributed by atoms with Gasteiger partial charge in [-0.05, 0) is 36.8 Å². The zero-order valence-electron chi connectivity index (χ0n) is 17.0. The monoisotopic (exact) mass is 393 g/mol. The Morgan fingerprint density at radius 3 is 2.62 bits per heavy atom. The molecule has 3 aromatic rings. The molecule has 29 heavy (non-hydrogen) atoms. The molecule has 0 spiro atoms. The first-order valence-electron chi connectivity index (χ1n) is 10.2. The number of aromatic nitrogens is 5. The lowest BCUT2D eigenvalue weighted by molar-refractivity contribution is 0.0660. The predicted molar refractivity (Wildman–Crippen MR) is 111 cm³/mol. The Bertz CT molecular complexity index is 1000. The van der Waals surface area contributed by atoms with E-state index >= 15 is 0 Å². The molecule has 1 aliphatic heterocycles. The molecule has 7 nitrogen and oxygen atoms in total. The summed E-state index contributed by atoms with van der Waals surface area (Å²) in [6, 6.07) is 5.32. The summed E-state index contributed by atoms with van der Waals surface area (Å²) in [5, 5.41) is 4.65. The second-order valence-electron chi connectivity index (χ2n) is 8.07. The third-order valence-corrected chi connectivity index (χ3v) is 5.20. The molecule has 7 heteroatoms. The van der Waals surface area contributed by atoms with Crippen LogP contribution in [-0.2, 0) is 17.7 Å².